The number of H-pyrrole nitrogens is 1. The van der Waals surface area contributed by atoms with E-state index in [0.717, 1.165) is 11.2 Å². The van der Waals surface area contributed by atoms with Gasteiger partial charge in [0.05, 0.1) is 5.92 Å². The SMILES string of the molecule is Cc1ccc2c(C)c(CC(C)C(=O)O)[nH]c2c1C. The fourth-order valence-corrected chi connectivity index (χ4v) is 2.29. The van der Waals surface area contributed by atoms with Crippen LogP contribution in [-0.4, -0.2) is 16.1 Å². The summed E-state index contributed by atoms with van der Waals surface area (Å²) in [5.74, 6) is -1.11. The Morgan fingerprint density at radius 3 is 2.56 bits per heavy atom. The van der Waals surface area contributed by atoms with Crippen molar-refractivity contribution in [2.75, 3.05) is 0 Å². The number of fused-ring (bicyclic) bond motifs is 1. The Balaban J connectivity index is 2.51. The van der Waals surface area contributed by atoms with Gasteiger partial charge in [-0.3, -0.25) is 4.79 Å². The molecule has 1 atom stereocenters. The number of rotatable bonds is 3. The van der Waals surface area contributed by atoms with Crippen LogP contribution in [0.5, 0.6) is 0 Å². The Bertz CT molecular complexity index is 610. The van der Waals surface area contributed by atoms with Crippen molar-refractivity contribution in [3.63, 3.8) is 0 Å². The van der Waals surface area contributed by atoms with Crippen LogP contribution in [0.15, 0.2) is 12.1 Å². The van der Waals surface area contributed by atoms with E-state index in [2.05, 4.69) is 37.9 Å². The molecule has 3 heteroatoms. The van der Waals surface area contributed by atoms with Gasteiger partial charge >= 0.3 is 5.97 Å². The van der Waals surface area contributed by atoms with E-state index in [9.17, 15) is 4.79 Å². The van der Waals surface area contributed by atoms with Crippen LogP contribution in [0.4, 0.5) is 0 Å². The van der Waals surface area contributed by atoms with E-state index in [0.29, 0.717) is 6.42 Å². The fourth-order valence-electron chi connectivity index (χ4n) is 2.29. The molecule has 0 aliphatic heterocycles. The second-order valence-electron chi connectivity index (χ2n) is 5.10. The van der Waals surface area contributed by atoms with Crippen LogP contribution in [0.1, 0.15) is 29.3 Å². The quantitative estimate of drug-likeness (QED) is 0.871. The van der Waals surface area contributed by atoms with Crippen LogP contribution in [0.3, 0.4) is 0 Å². The van der Waals surface area contributed by atoms with Crippen molar-refractivity contribution in [1.29, 1.82) is 0 Å². The highest BCUT2D eigenvalue weighted by Gasteiger charge is 2.16. The molecule has 0 saturated carbocycles. The number of aliphatic carboxylic acids is 1. The highest BCUT2D eigenvalue weighted by molar-refractivity contribution is 5.88. The van der Waals surface area contributed by atoms with E-state index >= 15 is 0 Å². The Hall–Kier alpha value is -1.77. The van der Waals surface area contributed by atoms with Gasteiger partial charge in [-0.25, -0.2) is 0 Å². The van der Waals surface area contributed by atoms with E-state index < -0.39 is 5.97 Å². The molecule has 0 aliphatic carbocycles. The molecule has 0 aliphatic rings. The van der Waals surface area contributed by atoms with Crippen molar-refractivity contribution < 1.29 is 9.90 Å². The number of aryl methyl sites for hydroxylation is 3. The molecular formula is C15H19NO2. The lowest BCUT2D eigenvalue weighted by Crippen LogP contribution is -2.12. The van der Waals surface area contributed by atoms with Crippen LogP contribution >= 0.6 is 0 Å². The van der Waals surface area contributed by atoms with Crippen LogP contribution in [0.25, 0.3) is 10.9 Å². The van der Waals surface area contributed by atoms with Gasteiger partial charge in [0.15, 0.2) is 0 Å². The molecule has 0 spiro atoms. The van der Waals surface area contributed by atoms with Gasteiger partial charge in [-0.15, -0.1) is 0 Å². The largest absolute Gasteiger partial charge is 0.481 e. The third kappa shape index (κ3) is 2.01. The lowest BCUT2D eigenvalue weighted by molar-refractivity contribution is -0.141. The summed E-state index contributed by atoms with van der Waals surface area (Å²) in [6.45, 7) is 7.98. The second kappa shape index (κ2) is 4.48. The zero-order chi connectivity index (χ0) is 13.4. The maximum atomic E-state index is 10.9. The summed E-state index contributed by atoms with van der Waals surface area (Å²) >= 11 is 0. The first-order chi connectivity index (χ1) is 8.41. The molecule has 1 heterocycles. The summed E-state index contributed by atoms with van der Waals surface area (Å²) in [6.07, 6.45) is 0.550. The molecule has 2 rings (SSSR count). The van der Waals surface area contributed by atoms with E-state index in [1.165, 1.54) is 22.1 Å². The van der Waals surface area contributed by atoms with Crippen LogP contribution in [0, 0.1) is 26.7 Å². The molecule has 0 bridgehead atoms. The van der Waals surface area contributed by atoms with E-state index in [1.54, 1.807) is 6.92 Å². The third-order valence-corrected chi connectivity index (χ3v) is 3.80. The zero-order valence-corrected chi connectivity index (χ0v) is 11.3. The molecule has 1 aromatic carbocycles. The number of benzene rings is 1. The lowest BCUT2D eigenvalue weighted by atomic mass is 10.0. The lowest BCUT2D eigenvalue weighted by Gasteiger charge is -2.04. The van der Waals surface area contributed by atoms with E-state index in [1.807, 2.05) is 0 Å². The first-order valence-electron chi connectivity index (χ1n) is 6.22. The predicted octanol–water partition coefficient (Wildman–Crippen LogP) is 3.36. The third-order valence-electron chi connectivity index (χ3n) is 3.80. The second-order valence-corrected chi connectivity index (χ2v) is 5.10. The van der Waals surface area contributed by atoms with Crippen molar-refractivity contribution in [3.05, 3.63) is 34.5 Å². The molecule has 96 valence electrons. The molecule has 2 aromatic rings. The average Bonchev–Trinajstić information content (AvgIpc) is 2.62. The number of carbonyl (C=O) groups is 1. The van der Waals surface area contributed by atoms with Crippen molar-refractivity contribution >= 4 is 16.9 Å². The first-order valence-corrected chi connectivity index (χ1v) is 6.22. The standard InChI is InChI=1S/C15H19NO2/c1-8-5-6-12-11(4)13(7-9(2)15(17)18)16-14(12)10(8)3/h5-6,9,16H,7H2,1-4H3,(H,17,18). The smallest absolute Gasteiger partial charge is 0.306 e. The molecule has 0 saturated heterocycles. The summed E-state index contributed by atoms with van der Waals surface area (Å²) < 4.78 is 0. The molecule has 1 unspecified atom stereocenters. The Morgan fingerprint density at radius 2 is 1.94 bits per heavy atom. The van der Waals surface area contributed by atoms with Gasteiger partial charge in [0.2, 0.25) is 0 Å². The minimum absolute atomic E-state index is 0.363. The summed E-state index contributed by atoms with van der Waals surface area (Å²) in [5.41, 5.74) is 5.83. The fraction of sp³-hybridized carbons (Fsp3) is 0.400. The number of carboxylic acids is 1. The summed E-state index contributed by atoms with van der Waals surface area (Å²) in [6, 6.07) is 4.22. The molecule has 18 heavy (non-hydrogen) atoms. The predicted molar refractivity (Wildman–Crippen MR) is 73.0 cm³/mol. The highest BCUT2D eigenvalue weighted by Crippen LogP contribution is 2.27. The monoisotopic (exact) mass is 245 g/mol. The number of hydrogen-bond acceptors (Lipinski definition) is 1. The van der Waals surface area contributed by atoms with Crippen molar-refractivity contribution in [3.8, 4) is 0 Å². The summed E-state index contributed by atoms with van der Waals surface area (Å²) in [4.78, 5) is 14.3. The number of nitrogens with one attached hydrogen (secondary N) is 1. The number of aromatic amines is 1. The van der Waals surface area contributed by atoms with Crippen LogP contribution < -0.4 is 0 Å². The number of carboxylic acid groups (broad SMARTS) is 1. The molecule has 0 fully saturated rings. The van der Waals surface area contributed by atoms with Gasteiger partial charge in [-0.2, -0.15) is 0 Å². The normalized spacial score (nSPS) is 12.9. The summed E-state index contributed by atoms with van der Waals surface area (Å²) in [5, 5.41) is 10.2. The highest BCUT2D eigenvalue weighted by atomic mass is 16.4. The molecule has 0 radical (unpaired) electrons. The van der Waals surface area contributed by atoms with Gasteiger partial charge in [0.1, 0.15) is 0 Å². The van der Waals surface area contributed by atoms with E-state index in [4.69, 9.17) is 5.11 Å². The molecule has 2 N–H and O–H groups in total. The van der Waals surface area contributed by atoms with Gasteiger partial charge < -0.3 is 10.1 Å². The maximum absolute atomic E-state index is 10.9. The zero-order valence-electron chi connectivity index (χ0n) is 11.3. The van der Waals surface area contributed by atoms with Gasteiger partial charge in [-0.05, 0) is 37.5 Å². The molecule has 1 aromatic heterocycles. The van der Waals surface area contributed by atoms with Crippen molar-refractivity contribution in [1.82, 2.24) is 4.98 Å². The van der Waals surface area contributed by atoms with Crippen LogP contribution in [0.2, 0.25) is 0 Å². The Labute approximate surface area is 107 Å². The Morgan fingerprint density at radius 1 is 1.28 bits per heavy atom. The number of hydrogen-bond donors (Lipinski definition) is 2. The molecule has 3 nitrogen and oxygen atoms in total. The summed E-state index contributed by atoms with van der Waals surface area (Å²) in [7, 11) is 0. The topological polar surface area (TPSA) is 53.1 Å². The van der Waals surface area contributed by atoms with Crippen molar-refractivity contribution in [2.45, 2.75) is 34.1 Å². The maximum Gasteiger partial charge on any atom is 0.306 e. The van der Waals surface area contributed by atoms with Crippen LogP contribution in [-0.2, 0) is 11.2 Å². The number of aromatic nitrogens is 1. The average molecular weight is 245 g/mol. The first kappa shape index (κ1) is 12.7. The van der Waals surface area contributed by atoms with Gasteiger partial charge in [0.25, 0.3) is 0 Å². The molecule has 0 amide bonds. The van der Waals surface area contributed by atoms with Gasteiger partial charge in [-0.1, -0.05) is 19.1 Å². The molecular weight excluding hydrogens is 226 g/mol. The van der Waals surface area contributed by atoms with Crippen molar-refractivity contribution in [2.24, 2.45) is 5.92 Å². The minimum atomic E-state index is -0.749. The van der Waals surface area contributed by atoms with E-state index in [-0.39, 0.29) is 5.92 Å². The Kier molecular flexibility index (Phi) is 3.16. The van der Waals surface area contributed by atoms with Gasteiger partial charge in [0, 0.05) is 23.0 Å². The minimum Gasteiger partial charge on any atom is -0.481 e.